The molecule has 10 heteroatoms. The van der Waals surface area contributed by atoms with Crippen molar-refractivity contribution in [1.29, 1.82) is 0 Å². The molecule has 38 heavy (non-hydrogen) atoms. The first kappa shape index (κ1) is 28.4. The van der Waals surface area contributed by atoms with Crippen LogP contribution in [0.5, 0.6) is 17.2 Å². The highest BCUT2D eigenvalue weighted by Crippen LogP contribution is 2.30. The minimum Gasteiger partial charge on any atom is -0.492 e. The number of nitrogens with one attached hydrogen (secondary N) is 2. The third-order valence-corrected chi connectivity index (χ3v) is 5.35. The number of carbonyl (C=O) groups excluding carboxylic acids is 2. The average molecular weight is 522 g/mol. The zero-order valence-corrected chi connectivity index (χ0v) is 22.3. The van der Waals surface area contributed by atoms with Gasteiger partial charge < -0.3 is 29.7 Å². The van der Waals surface area contributed by atoms with Crippen LogP contribution >= 0.6 is 0 Å². The topological polar surface area (TPSA) is 115 Å². The molecule has 0 fully saturated rings. The van der Waals surface area contributed by atoms with E-state index in [1.54, 1.807) is 0 Å². The van der Waals surface area contributed by atoms with Crippen molar-refractivity contribution in [2.45, 2.75) is 26.9 Å². The summed E-state index contributed by atoms with van der Waals surface area (Å²) in [5, 5.41) is 5.62. The quantitative estimate of drug-likeness (QED) is 0.418. The number of ether oxygens (including phenoxy) is 3. The van der Waals surface area contributed by atoms with Gasteiger partial charge in [-0.15, -0.1) is 0 Å². The molecule has 2 heterocycles. The number of amides is 2. The molecule has 4 rings (SSSR count). The van der Waals surface area contributed by atoms with Crippen LogP contribution in [-0.4, -0.2) is 67.1 Å². The molecule has 1 aromatic heterocycles. The number of fused-ring (bicyclic) bond motifs is 1. The van der Waals surface area contributed by atoms with E-state index in [1.165, 1.54) is 12.4 Å². The molecule has 0 unspecified atom stereocenters. The lowest BCUT2D eigenvalue weighted by molar-refractivity contribution is 0.0944. The molecule has 1 aliphatic rings. The second-order valence-electron chi connectivity index (χ2n) is 8.43. The third-order valence-electron chi connectivity index (χ3n) is 5.35. The minimum atomic E-state index is -0.413. The van der Waals surface area contributed by atoms with Crippen LogP contribution in [0, 0.1) is 0 Å². The van der Waals surface area contributed by atoms with Gasteiger partial charge in [-0.05, 0) is 49.5 Å². The zero-order valence-electron chi connectivity index (χ0n) is 22.3. The van der Waals surface area contributed by atoms with E-state index >= 15 is 0 Å². The Morgan fingerprint density at radius 2 is 1.50 bits per heavy atom. The van der Waals surface area contributed by atoms with Gasteiger partial charge in [0.1, 0.15) is 43.3 Å². The lowest BCUT2D eigenvalue weighted by Gasteiger charge is -2.18. The van der Waals surface area contributed by atoms with E-state index in [9.17, 15) is 9.59 Å². The standard InChI is InChI=1S/C26H29N5O5.C2H6/c1-31(2)8-9-34-20-5-3-4-18(12-20)15-27-25(32)21-14-22(30-17-29-21)26(33)28-16-19-6-7-23-24(13-19)36-11-10-35-23;1-2/h3-7,12-14,17H,8-11,15-16H2,1-2H3,(H,27,32)(H,28,33);1-2H3. The molecule has 2 N–H and O–H groups in total. The lowest BCUT2D eigenvalue weighted by Crippen LogP contribution is -2.27. The first-order chi connectivity index (χ1) is 18.5. The zero-order chi connectivity index (χ0) is 27.3. The fourth-order valence-electron chi connectivity index (χ4n) is 3.44. The Morgan fingerprint density at radius 3 is 2.16 bits per heavy atom. The van der Waals surface area contributed by atoms with Gasteiger partial charge in [-0.1, -0.05) is 32.0 Å². The Bertz CT molecular complexity index is 1220. The summed E-state index contributed by atoms with van der Waals surface area (Å²) < 4.78 is 16.8. The van der Waals surface area contributed by atoms with Gasteiger partial charge in [0.15, 0.2) is 11.5 Å². The number of hydrogen-bond acceptors (Lipinski definition) is 8. The summed E-state index contributed by atoms with van der Waals surface area (Å²) in [7, 11) is 3.97. The van der Waals surface area contributed by atoms with Crippen LogP contribution in [0.4, 0.5) is 0 Å². The van der Waals surface area contributed by atoms with E-state index in [1.807, 2.05) is 75.3 Å². The van der Waals surface area contributed by atoms with Crippen molar-refractivity contribution in [3.8, 4) is 17.2 Å². The van der Waals surface area contributed by atoms with E-state index < -0.39 is 11.8 Å². The van der Waals surface area contributed by atoms with Crippen LogP contribution in [0.25, 0.3) is 0 Å². The molecule has 2 amide bonds. The number of carbonyl (C=O) groups is 2. The van der Waals surface area contributed by atoms with Gasteiger partial charge in [0.25, 0.3) is 11.8 Å². The second kappa shape index (κ2) is 14.5. The molecule has 0 aliphatic carbocycles. The van der Waals surface area contributed by atoms with Crippen LogP contribution in [0.15, 0.2) is 54.9 Å². The van der Waals surface area contributed by atoms with E-state index in [0.29, 0.717) is 37.9 Å². The van der Waals surface area contributed by atoms with Gasteiger partial charge in [0.05, 0.1) is 0 Å². The summed E-state index contributed by atoms with van der Waals surface area (Å²) in [4.78, 5) is 35.3. The Balaban J connectivity index is 0.00000195. The van der Waals surface area contributed by atoms with Crippen LogP contribution in [0.1, 0.15) is 46.0 Å². The van der Waals surface area contributed by atoms with Crippen molar-refractivity contribution in [2.24, 2.45) is 0 Å². The molecule has 3 aromatic rings. The summed E-state index contributed by atoms with van der Waals surface area (Å²) in [6.45, 7) is 6.95. The lowest BCUT2D eigenvalue weighted by atomic mass is 10.2. The summed E-state index contributed by atoms with van der Waals surface area (Å²) >= 11 is 0. The highest BCUT2D eigenvalue weighted by atomic mass is 16.6. The summed E-state index contributed by atoms with van der Waals surface area (Å²) in [6, 6.07) is 14.4. The smallest absolute Gasteiger partial charge is 0.270 e. The molecule has 1 aliphatic heterocycles. The van der Waals surface area contributed by atoms with Gasteiger partial charge in [0.2, 0.25) is 0 Å². The molecule has 202 valence electrons. The van der Waals surface area contributed by atoms with Crippen LogP contribution in [0.2, 0.25) is 0 Å². The van der Waals surface area contributed by atoms with Crippen LogP contribution in [-0.2, 0) is 13.1 Å². The predicted molar refractivity (Wildman–Crippen MR) is 144 cm³/mol. The first-order valence-electron chi connectivity index (χ1n) is 12.6. The van der Waals surface area contributed by atoms with E-state index in [-0.39, 0.29) is 17.9 Å². The van der Waals surface area contributed by atoms with Crippen LogP contribution in [0.3, 0.4) is 0 Å². The van der Waals surface area contributed by atoms with E-state index in [4.69, 9.17) is 14.2 Å². The normalized spacial score (nSPS) is 11.7. The first-order valence-corrected chi connectivity index (χ1v) is 12.6. The maximum Gasteiger partial charge on any atom is 0.270 e. The van der Waals surface area contributed by atoms with Gasteiger partial charge in [-0.25, -0.2) is 9.97 Å². The number of hydrogen-bond donors (Lipinski definition) is 2. The molecule has 0 saturated carbocycles. The van der Waals surface area contributed by atoms with Crippen molar-refractivity contribution < 1.29 is 23.8 Å². The summed E-state index contributed by atoms with van der Waals surface area (Å²) in [5.74, 6) is 1.26. The molecular formula is C28H35N5O5. The largest absolute Gasteiger partial charge is 0.492 e. The number of rotatable bonds is 10. The Morgan fingerprint density at radius 1 is 0.868 bits per heavy atom. The van der Waals surface area contributed by atoms with Crippen molar-refractivity contribution in [1.82, 2.24) is 25.5 Å². The molecule has 0 radical (unpaired) electrons. The molecule has 2 aromatic carbocycles. The van der Waals surface area contributed by atoms with Gasteiger partial charge >= 0.3 is 0 Å². The minimum absolute atomic E-state index is 0.101. The fourth-order valence-corrected chi connectivity index (χ4v) is 3.44. The highest BCUT2D eigenvalue weighted by Gasteiger charge is 2.15. The number of aromatic nitrogens is 2. The molecule has 0 bridgehead atoms. The average Bonchev–Trinajstić information content (AvgIpc) is 2.95. The predicted octanol–water partition coefficient (Wildman–Crippen LogP) is 3.07. The monoisotopic (exact) mass is 521 g/mol. The summed E-state index contributed by atoms with van der Waals surface area (Å²) in [5.41, 5.74) is 1.95. The van der Waals surface area contributed by atoms with Gasteiger partial charge in [0, 0.05) is 25.7 Å². The molecule has 0 spiro atoms. The van der Waals surface area contributed by atoms with E-state index in [2.05, 4.69) is 20.6 Å². The van der Waals surface area contributed by atoms with Gasteiger partial charge in [-0.3, -0.25) is 9.59 Å². The maximum absolute atomic E-state index is 12.6. The van der Waals surface area contributed by atoms with Crippen molar-refractivity contribution in [3.63, 3.8) is 0 Å². The fraction of sp³-hybridized carbons (Fsp3) is 0.357. The Labute approximate surface area is 223 Å². The van der Waals surface area contributed by atoms with Crippen molar-refractivity contribution in [2.75, 3.05) is 40.5 Å². The Hall–Kier alpha value is -4.18. The SMILES string of the molecule is CC.CN(C)CCOc1cccc(CNC(=O)c2cc(C(=O)NCc3ccc4c(c3)OCCO4)ncn2)c1. The van der Waals surface area contributed by atoms with Crippen molar-refractivity contribution in [3.05, 3.63) is 77.4 Å². The molecule has 0 atom stereocenters. The summed E-state index contributed by atoms with van der Waals surface area (Å²) in [6.07, 6.45) is 1.20. The van der Waals surface area contributed by atoms with Crippen LogP contribution < -0.4 is 24.8 Å². The van der Waals surface area contributed by atoms with Crippen molar-refractivity contribution >= 4 is 11.8 Å². The number of benzene rings is 2. The molecule has 0 saturated heterocycles. The Kier molecular flexibility index (Phi) is 10.9. The number of nitrogens with zero attached hydrogens (tertiary/aromatic N) is 3. The maximum atomic E-state index is 12.6. The molecular weight excluding hydrogens is 486 g/mol. The van der Waals surface area contributed by atoms with Gasteiger partial charge in [-0.2, -0.15) is 0 Å². The third kappa shape index (κ3) is 8.45. The number of likely N-dealkylation sites (N-methyl/N-ethyl adjacent to an activating group) is 1. The molecule has 10 nitrogen and oxygen atoms in total. The van der Waals surface area contributed by atoms with E-state index in [0.717, 1.165) is 23.4 Å². The second-order valence-corrected chi connectivity index (χ2v) is 8.43. The highest BCUT2D eigenvalue weighted by molar-refractivity contribution is 5.97.